The van der Waals surface area contributed by atoms with Crippen molar-refractivity contribution in [1.29, 1.82) is 0 Å². The molecule has 1 atom stereocenters. The van der Waals surface area contributed by atoms with Crippen LogP contribution in [0.3, 0.4) is 0 Å². The van der Waals surface area contributed by atoms with Crippen molar-refractivity contribution < 1.29 is 9.59 Å². The van der Waals surface area contributed by atoms with Crippen molar-refractivity contribution >= 4 is 63.2 Å². The Bertz CT molecular complexity index is 1070. The summed E-state index contributed by atoms with van der Waals surface area (Å²) in [4.78, 5) is 28.9. The Morgan fingerprint density at radius 3 is 2.65 bits per heavy atom. The quantitative estimate of drug-likeness (QED) is 0.445. The summed E-state index contributed by atoms with van der Waals surface area (Å²) in [6.07, 6.45) is 1.63. The minimum Gasteiger partial charge on any atom is -0.342 e. The number of nitrogens with zero attached hydrogens (tertiary/aromatic N) is 4. The molecule has 2 N–H and O–H groups in total. The highest BCUT2D eigenvalue weighted by Crippen LogP contribution is 2.26. The Hall–Kier alpha value is -2.14. The van der Waals surface area contributed by atoms with E-state index in [4.69, 9.17) is 23.2 Å². The van der Waals surface area contributed by atoms with Crippen LogP contribution >= 0.6 is 46.3 Å². The van der Waals surface area contributed by atoms with Crippen LogP contribution in [0.2, 0.25) is 10.0 Å². The number of nitrogens with one attached hydrogen (secondary N) is 2. The molecule has 2 amide bonds. The fourth-order valence-electron chi connectivity index (χ4n) is 2.68. The standard InChI is InChI=1S/C19H20Cl2N6O2S2/c1-10(2)15(24-17(29)11-4-5-12(20)13(21)8-11)16-25-26-19(27(16)3)31-9-14(28)23-18-22-6-7-30-18/h4-8,10,15H,9H2,1-3H3,(H,24,29)(H,22,23,28)/t15-/m1/s1. The first-order chi connectivity index (χ1) is 14.8. The van der Waals surface area contributed by atoms with Crippen molar-refractivity contribution in [3.63, 3.8) is 0 Å². The van der Waals surface area contributed by atoms with Crippen molar-refractivity contribution in [3.8, 4) is 0 Å². The number of anilines is 1. The van der Waals surface area contributed by atoms with Gasteiger partial charge in [-0.1, -0.05) is 48.8 Å². The van der Waals surface area contributed by atoms with E-state index >= 15 is 0 Å². The van der Waals surface area contributed by atoms with E-state index in [0.717, 1.165) is 0 Å². The van der Waals surface area contributed by atoms with Crippen LogP contribution in [-0.4, -0.2) is 37.3 Å². The molecule has 0 saturated carbocycles. The van der Waals surface area contributed by atoms with Crippen LogP contribution < -0.4 is 10.6 Å². The smallest absolute Gasteiger partial charge is 0.251 e. The molecule has 2 aromatic heterocycles. The molecule has 1 aromatic carbocycles. The maximum absolute atomic E-state index is 12.7. The van der Waals surface area contributed by atoms with Crippen LogP contribution in [-0.2, 0) is 11.8 Å². The summed E-state index contributed by atoms with van der Waals surface area (Å²) < 4.78 is 1.78. The lowest BCUT2D eigenvalue weighted by atomic mass is 10.0. The maximum atomic E-state index is 12.7. The zero-order valence-corrected chi connectivity index (χ0v) is 20.1. The maximum Gasteiger partial charge on any atom is 0.251 e. The minimum atomic E-state index is -0.391. The van der Waals surface area contributed by atoms with Gasteiger partial charge in [-0.2, -0.15) is 0 Å². The van der Waals surface area contributed by atoms with Gasteiger partial charge in [0.25, 0.3) is 5.91 Å². The molecule has 0 spiro atoms. The summed E-state index contributed by atoms with van der Waals surface area (Å²) in [7, 11) is 1.80. The summed E-state index contributed by atoms with van der Waals surface area (Å²) in [5.41, 5.74) is 0.399. The normalized spacial score (nSPS) is 12.1. The fraction of sp³-hybridized carbons (Fsp3) is 0.316. The van der Waals surface area contributed by atoms with Gasteiger partial charge in [0.15, 0.2) is 16.1 Å². The van der Waals surface area contributed by atoms with Crippen LogP contribution in [0.5, 0.6) is 0 Å². The second-order valence-electron chi connectivity index (χ2n) is 6.90. The second-order valence-corrected chi connectivity index (χ2v) is 9.55. The van der Waals surface area contributed by atoms with Crippen LogP contribution in [0.1, 0.15) is 36.1 Å². The molecule has 31 heavy (non-hydrogen) atoms. The van der Waals surface area contributed by atoms with Gasteiger partial charge in [-0.05, 0) is 24.1 Å². The van der Waals surface area contributed by atoms with E-state index < -0.39 is 6.04 Å². The zero-order chi connectivity index (χ0) is 22.5. The number of rotatable bonds is 8. The molecule has 0 bridgehead atoms. The number of thiazole rings is 1. The summed E-state index contributed by atoms with van der Waals surface area (Å²) in [5, 5.41) is 17.8. The van der Waals surface area contributed by atoms with Crippen LogP contribution in [0.15, 0.2) is 34.9 Å². The van der Waals surface area contributed by atoms with E-state index in [2.05, 4.69) is 25.8 Å². The zero-order valence-electron chi connectivity index (χ0n) is 16.9. The molecule has 0 aliphatic carbocycles. The number of carbonyl (C=O) groups is 2. The molecule has 3 aromatic rings. The number of carbonyl (C=O) groups excluding carboxylic acids is 2. The van der Waals surface area contributed by atoms with Crippen LogP contribution in [0.4, 0.5) is 5.13 Å². The molecule has 0 aliphatic rings. The number of hydrogen-bond donors (Lipinski definition) is 2. The van der Waals surface area contributed by atoms with Gasteiger partial charge in [-0.3, -0.25) is 9.59 Å². The molecule has 0 aliphatic heterocycles. The summed E-state index contributed by atoms with van der Waals surface area (Å²) in [6, 6.07) is 4.32. The number of amides is 2. The minimum absolute atomic E-state index is 0.0423. The average molecular weight is 499 g/mol. The molecule has 8 nitrogen and oxygen atoms in total. The van der Waals surface area contributed by atoms with Crippen molar-refractivity contribution in [3.05, 3.63) is 51.2 Å². The van der Waals surface area contributed by atoms with E-state index in [1.807, 2.05) is 13.8 Å². The predicted molar refractivity (Wildman–Crippen MR) is 124 cm³/mol. The lowest BCUT2D eigenvalue weighted by molar-refractivity contribution is -0.113. The van der Waals surface area contributed by atoms with E-state index in [1.165, 1.54) is 29.2 Å². The number of thioether (sulfide) groups is 1. The highest BCUT2D eigenvalue weighted by Gasteiger charge is 2.25. The van der Waals surface area contributed by atoms with Gasteiger partial charge in [-0.15, -0.1) is 21.5 Å². The van der Waals surface area contributed by atoms with Gasteiger partial charge in [0.1, 0.15) is 0 Å². The molecule has 3 rings (SSSR count). The third-order valence-corrected chi connectivity index (χ3v) is 6.74. The first kappa shape index (κ1) is 23.5. The third-order valence-electron chi connectivity index (χ3n) is 4.29. The molecule has 0 radical (unpaired) electrons. The van der Waals surface area contributed by atoms with Gasteiger partial charge >= 0.3 is 0 Å². The SMILES string of the molecule is CC(C)[C@@H](NC(=O)c1ccc(Cl)c(Cl)c1)c1nnc(SCC(=O)Nc2nccs2)n1C. The summed E-state index contributed by atoms with van der Waals surface area (Å²) in [5.74, 6) is 0.315. The molecular weight excluding hydrogens is 479 g/mol. The molecule has 0 unspecified atom stereocenters. The van der Waals surface area contributed by atoms with Crippen molar-refractivity contribution in [2.75, 3.05) is 11.1 Å². The topological polar surface area (TPSA) is 102 Å². The first-order valence-electron chi connectivity index (χ1n) is 9.23. The van der Waals surface area contributed by atoms with Gasteiger partial charge in [0.2, 0.25) is 5.91 Å². The average Bonchev–Trinajstić information content (AvgIpc) is 3.36. The first-order valence-corrected chi connectivity index (χ1v) is 11.9. The van der Waals surface area contributed by atoms with Gasteiger partial charge in [0.05, 0.1) is 21.8 Å². The Kier molecular flexibility index (Phi) is 7.93. The van der Waals surface area contributed by atoms with E-state index in [9.17, 15) is 9.59 Å². The number of benzene rings is 1. The Balaban J connectivity index is 1.68. The van der Waals surface area contributed by atoms with Gasteiger partial charge in [-0.25, -0.2) is 4.98 Å². The Morgan fingerprint density at radius 2 is 2.00 bits per heavy atom. The van der Waals surface area contributed by atoms with Crippen LogP contribution in [0.25, 0.3) is 0 Å². The highest BCUT2D eigenvalue weighted by atomic mass is 35.5. The summed E-state index contributed by atoms with van der Waals surface area (Å²) >= 11 is 14.6. The molecule has 0 fully saturated rings. The Morgan fingerprint density at radius 1 is 1.23 bits per heavy atom. The fourth-order valence-corrected chi connectivity index (χ4v) is 4.25. The van der Waals surface area contributed by atoms with Crippen molar-refractivity contribution in [2.45, 2.75) is 25.0 Å². The molecular formula is C19H20Cl2N6O2S2. The van der Waals surface area contributed by atoms with Crippen molar-refractivity contribution in [1.82, 2.24) is 25.1 Å². The number of halogens is 2. The molecule has 164 valence electrons. The Labute approximate surface area is 197 Å². The van der Waals surface area contributed by atoms with E-state index in [1.54, 1.807) is 35.3 Å². The van der Waals surface area contributed by atoms with E-state index in [0.29, 0.717) is 31.7 Å². The van der Waals surface area contributed by atoms with Gasteiger partial charge in [0, 0.05) is 24.2 Å². The molecule has 0 saturated heterocycles. The van der Waals surface area contributed by atoms with Crippen LogP contribution in [0, 0.1) is 5.92 Å². The van der Waals surface area contributed by atoms with Gasteiger partial charge < -0.3 is 15.2 Å². The highest BCUT2D eigenvalue weighted by molar-refractivity contribution is 7.99. The number of hydrogen-bond acceptors (Lipinski definition) is 7. The second kappa shape index (κ2) is 10.4. The largest absolute Gasteiger partial charge is 0.342 e. The van der Waals surface area contributed by atoms with E-state index in [-0.39, 0.29) is 23.5 Å². The monoisotopic (exact) mass is 498 g/mol. The van der Waals surface area contributed by atoms with Crippen molar-refractivity contribution in [2.24, 2.45) is 13.0 Å². The summed E-state index contributed by atoms with van der Waals surface area (Å²) in [6.45, 7) is 3.95. The molecule has 2 heterocycles. The molecule has 12 heteroatoms. The lowest BCUT2D eigenvalue weighted by Crippen LogP contribution is -2.33. The lowest BCUT2D eigenvalue weighted by Gasteiger charge is -2.21. The third kappa shape index (κ3) is 5.97. The number of aromatic nitrogens is 4. The predicted octanol–water partition coefficient (Wildman–Crippen LogP) is 4.44.